The topological polar surface area (TPSA) is 119 Å². The maximum atomic E-state index is 13.5. The summed E-state index contributed by atoms with van der Waals surface area (Å²) < 4.78 is 45.1. The van der Waals surface area contributed by atoms with E-state index in [0.717, 1.165) is 17.0 Å². The van der Waals surface area contributed by atoms with Gasteiger partial charge in [0.2, 0.25) is 21.8 Å². The molecule has 0 aliphatic heterocycles. The molecule has 2 aromatic rings. The molecule has 0 heterocycles. The third-order valence-electron chi connectivity index (χ3n) is 4.33. The number of likely N-dealkylation sites (N-methyl/N-ethyl adjacent to an activating group) is 1. The predicted molar refractivity (Wildman–Crippen MR) is 109 cm³/mol. The van der Waals surface area contributed by atoms with Crippen LogP contribution < -0.4 is 15.2 Å². The molecule has 2 amide bonds. The number of methoxy groups -OCH3 is 1. The smallest absolute Gasteiger partial charge is 0.247 e. The van der Waals surface area contributed by atoms with E-state index in [2.05, 4.69) is 4.72 Å². The number of amides is 2. The van der Waals surface area contributed by atoms with E-state index < -0.39 is 33.7 Å². The number of nitrogens with two attached hydrogens (primary N) is 1. The van der Waals surface area contributed by atoms with Crippen molar-refractivity contribution in [1.82, 2.24) is 9.62 Å². The van der Waals surface area contributed by atoms with Gasteiger partial charge in [-0.15, -0.1) is 0 Å². The number of carbonyl (C=O) groups excluding carboxylic acids is 2. The highest BCUT2D eigenvalue weighted by atomic mass is 32.2. The van der Waals surface area contributed by atoms with Crippen LogP contribution in [0.5, 0.6) is 5.75 Å². The molecule has 0 radical (unpaired) electrons. The average Bonchev–Trinajstić information content (AvgIpc) is 2.71. The van der Waals surface area contributed by atoms with Gasteiger partial charge in [0.05, 0.1) is 7.11 Å². The van der Waals surface area contributed by atoms with Crippen molar-refractivity contribution in [2.75, 3.05) is 21.2 Å². The quantitative estimate of drug-likeness (QED) is 0.608. The molecule has 8 nitrogen and oxygen atoms in total. The molecule has 0 bridgehead atoms. The van der Waals surface area contributed by atoms with Crippen LogP contribution >= 0.6 is 0 Å². The SMILES string of the molecule is CNS(=O)(=O)c1cc(/C=C/C(=O)N(C)C(C(N)=O)c2cccc(F)c2)ccc1OC. The molecule has 0 fully saturated rings. The molecule has 0 aliphatic carbocycles. The number of benzene rings is 2. The Morgan fingerprint density at radius 1 is 1.23 bits per heavy atom. The van der Waals surface area contributed by atoms with Crippen molar-refractivity contribution in [3.8, 4) is 5.75 Å². The third kappa shape index (κ3) is 5.22. The number of carbonyl (C=O) groups is 2. The number of sulfonamides is 1. The minimum Gasteiger partial charge on any atom is -0.495 e. The highest BCUT2D eigenvalue weighted by molar-refractivity contribution is 7.89. The molecule has 10 heteroatoms. The first-order chi connectivity index (χ1) is 14.1. The molecule has 30 heavy (non-hydrogen) atoms. The number of hydrogen-bond donors (Lipinski definition) is 2. The second-order valence-corrected chi connectivity index (χ2v) is 8.12. The summed E-state index contributed by atoms with van der Waals surface area (Å²) in [5.74, 6) is -1.83. The van der Waals surface area contributed by atoms with E-state index in [1.165, 1.54) is 57.6 Å². The molecule has 2 aromatic carbocycles. The molecule has 0 aliphatic rings. The van der Waals surface area contributed by atoms with E-state index in [-0.39, 0.29) is 16.2 Å². The lowest BCUT2D eigenvalue weighted by molar-refractivity contribution is -0.134. The summed E-state index contributed by atoms with van der Waals surface area (Å²) in [6.07, 6.45) is 2.55. The van der Waals surface area contributed by atoms with Gasteiger partial charge in [-0.25, -0.2) is 17.5 Å². The zero-order chi connectivity index (χ0) is 22.5. The van der Waals surface area contributed by atoms with E-state index in [1.54, 1.807) is 6.07 Å². The number of nitrogens with one attached hydrogen (secondary N) is 1. The van der Waals surface area contributed by atoms with Gasteiger partial charge in [0.1, 0.15) is 22.5 Å². The number of hydrogen-bond acceptors (Lipinski definition) is 5. The first-order valence-electron chi connectivity index (χ1n) is 8.72. The van der Waals surface area contributed by atoms with Gasteiger partial charge < -0.3 is 15.4 Å². The zero-order valence-corrected chi connectivity index (χ0v) is 17.4. The molecule has 3 N–H and O–H groups in total. The Kier molecular flexibility index (Phi) is 7.30. The minimum absolute atomic E-state index is 0.0924. The molecule has 0 spiro atoms. The van der Waals surface area contributed by atoms with Crippen LogP contribution in [0.3, 0.4) is 0 Å². The molecule has 2 rings (SSSR count). The van der Waals surface area contributed by atoms with Crippen LogP contribution in [0, 0.1) is 5.82 Å². The number of rotatable bonds is 8. The Morgan fingerprint density at radius 3 is 2.50 bits per heavy atom. The normalized spacial score (nSPS) is 12.5. The summed E-state index contributed by atoms with van der Waals surface area (Å²) in [4.78, 5) is 25.4. The second kappa shape index (κ2) is 9.51. The maximum absolute atomic E-state index is 13.5. The molecular weight excluding hydrogens is 413 g/mol. The van der Waals surface area contributed by atoms with Crippen LogP contribution in [0.25, 0.3) is 6.08 Å². The Balaban J connectivity index is 2.32. The van der Waals surface area contributed by atoms with Crippen LogP contribution in [0.1, 0.15) is 17.2 Å². The molecule has 1 unspecified atom stereocenters. The maximum Gasteiger partial charge on any atom is 0.247 e. The number of primary amides is 1. The summed E-state index contributed by atoms with van der Waals surface area (Å²) >= 11 is 0. The summed E-state index contributed by atoms with van der Waals surface area (Å²) in [6.45, 7) is 0. The third-order valence-corrected chi connectivity index (χ3v) is 5.77. The lowest BCUT2D eigenvalue weighted by atomic mass is 10.0. The van der Waals surface area contributed by atoms with Crippen molar-refractivity contribution in [2.24, 2.45) is 5.73 Å². The Morgan fingerprint density at radius 2 is 1.93 bits per heavy atom. The van der Waals surface area contributed by atoms with Crippen molar-refractivity contribution in [3.63, 3.8) is 0 Å². The van der Waals surface area contributed by atoms with Gasteiger partial charge in [0.15, 0.2) is 0 Å². The van der Waals surface area contributed by atoms with Crippen molar-refractivity contribution >= 4 is 27.9 Å². The van der Waals surface area contributed by atoms with E-state index in [4.69, 9.17) is 10.5 Å². The van der Waals surface area contributed by atoms with Crippen molar-refractivity contribution in [1.29, 1.82) is 0 Å². The molecule has 1 atom stereocenters. The molecule has 0 aromatic heterocycles. The van der Waals surface area contributed by atoms with E-state index in [9.17, 15) is 22.4 Å². The van der Waals surface area contributed by atoms with Crippen molar-refractivity contribution < 1.29 is 27.1 Å². The zero-order valence-electron chi connectivity index (χ0n) is 16.6. The summed E-state index contributed by atoms with van der Waals surface area (Å²) in [5.41, 5.74) is 6.06. The Bertz CT molecular complexity index is 1090. The van der Waals surface area contributed by atoms with Crippen LogP contribution in [0.15, 0.2) is 53.4 Å². The van der Waals surface area contributed by atoms with Gasteiger partial charge in [-0.2, -0.15) is 0 Å². The van der Waals surface area contributed by atoms with Crippen LogP contribution in [0.2, 0.25) is 0 Å². The van der Waals surface area contributed by atoms with Gasteiger partial charge in [-0.1, -0.05) is 18.2 Å². The number of ether oxygens (including phenoxy) is 1. The Hall–Kier alpha value is -3.24. The monoisotopic (exact) mass is 435 g/mol. The fourth-order valence-corrected chi connectivity index (χ4v) is 3.71. The van der Waals surface area contributed by atoms with E-state index >= 15 is 0 Å². The largest absolute Gasteiger partial charge is 0.495 e. The lowest BCUT2D eigenvalue weighted by Crippen LogP contribution is -2.38. The van der Waals surface area contributed by atoms with Gasteiger partial charge in [0, 0.05) is 13.1 Å². The lowest BCUT2D eigenvalue weighted by Gasteiger charge is -2.25. The van der Waals surface area contributed by atoms with Gasteiger partial charge >= 0.3 is 0 Å². The van der Waals surface area contributed by atoms with Gasteiger partial charge in [-0.05, 0) is 48.5 Å². The number of nitrogens with zero attached hydrogens (tertiary/aromatic N) is 1. The van der Waals surface area contributed by atoms with Crippen molar-refractivity contribution in [3.05, 3.63) is 65.5 Å². The van der Waals surface area contributed by atoms with Crippen LogP contribution in [-0.4, -0.2) is 46.3 Å². The van der Waals surface area contributed by atoms with Crippen LogP contribution in [-0.2, 0) is 19.6 Å². The summed E-state index contributed by atoms with van der Waals surface area (Å²) in [5, 5.41) is 0. The number of halogens is 1. The first kappa shape index (κ1) is 23.0. The molecule has 0 saturated carbocycles. The highest BCUT2D eigenvalue weighted by Gasteiger charge is 2.26. The fraction of sp³-hybridized carbons (Fsp3) is 0.200. The summed E-state index contributed by atoms with van der Waals surface area (Å²) in [7, 11) is 0.187. The Labute approximate surface area is 174 Å². The molecular formula is C20H22FN3O5S. The molecule has 0 saturated heterocycles. The second-order valence-electron chi connectivity index (χ2n) is 6.26. The minimum atomic E-state index is -3.78. The van der Waals surface area contributed by atoms with E-state index in [1.807, 2.05) is 0 Å². The fourth-order valence-electron chi connectivity index (χ4n) is 2.78. The summed E-state index contributed by atoms with van der Waals surface area (Å²) in [6, 6.07) is 8.43. The van der Waals surface area contributed by atoms with Gasteiger partial charge in [-0.3, -0.25) is 9.59 Å². The standard InChI is InChI=1S/C20H22FN3O5S/c1-23-30(27,28)17-11-13(7-9-16(17)29-3)8-10-18(25)24(2)19(20(22)26)14-5-4-6-15(21)12-14/h4-12,19,23H,1-3H3,(H2,22,26)/b10-8+. The predicted octanol–water partition coefficient (Wildman–Crippen LogP) is 1.44. The van der Waals surface area contributed by atoms with Crippen LogP contribution in [0.4, 0.5) is 4.39 Å². The first-order valence-corrected chi connectivity index (χ1v) is 10.2. The average molecular weight is 435 g/mol. The molecule has 160 valence electrons. The van der Waals surface area contributed by atoms with E-state index in [0.29, 0.717) is 5.56 Å². The highest BCUT2D eigenvalue weighted by Crippen LogP contribution is 2.25. The van der Waals surface area contributed by atoms with Gasteiger partial charge in [0.25, 0.3) is 0 Å². The van der Waals surface area contributed by atoms with Crippen molar-refractivity contribution in [2.45, 2.75) is 10.9 Å².